The van der Waals surface area contributed by atoms with Gasteiger partial charge in [-0.15, -0.1) is 11.3 Å². The quantitative estimate of drug-likeness (QED) is 0.273. The van der Waals surface area contributed by atoms with Crippen molar-refractivity contribution in [3.05, 3.63) is 71.9 Å². The van der Waals surface area contributed by atoms with Crippen molar-refractivity contribution in [2.75, 3.05) is 0 Å². The van der Waals surface area contributed by atoms with Gasteiger partial charge >= 0.3 is 0 Å². The number of fused-ring (bicyclic) bond motifs is 6. The predicted molar refractivity (Wildman–Crippen MR) is 133 cm³/mol. The Bertz CT molecular complexity index is 1490. The summed E-state index contributed by atoms with van der Waals surface area (Å²) in [5, 5.41) is 5.24. The van der Waals surface area contributed by atoms with Crippen molar-refractivity contribution in [3.8, 4) is 17.0 Å². The van der Waals surface area contributed by atoms with Gasteiger partial charge in [0.15, 0.2) is 0 Å². The van der Waals surface area contributed by atoms with E-state index in [1.54, 1.807) is 0 Å². The molecule has 0 spiro atoms. The van der Waals surface area contributed by atoms with E-state index in [1.807, 2.05) is 17.5 Å². The van der Waals surface area contributed by atoms with Crippen LogP contribution in [-0.4, -0.2) is 11.1 Å². The molecule has 3 aromatic carbocycles. The van der Waals surface area contributed by atoms with E-state index in [-0.39, 0.29) is 11.5 Å². The Hall–Kier alpha value is -2.91. The van der Waals surface area contributed by atoms with Crippen LogP contribution in [0.4, 0.5) is 0 Å². The minimum Gasteiger partial charge on any atom is -0.490 e. The average molecular weight is 424 g/mol. The van der Waals surface area contributed by atoms with Crippen LogP contribution in [0.5, 0.6) is 5.75 Å². The molecule has 3 heterocycles. The molecule has 0 bridgehead atoms. The van der Waals surface area contributed by atoms with Crippen LogP contribution in [0.2, 0.25) is 0 Å². The molecule has 31 heavy (non-hydrogen) atoms. The van der Waals surface area contributed by atoms with Crippen LogP contribution in [0.25, 0.3) is 42.2 Å². The van der Waals surface area contributed by atoms with Crippen LogP contribution >= 0.6 is 11.3 Å². The van der Waals surface area contributed by atoms with Crippen LogP contribution < -0.4 is 4.74 Å². The Kier molecular flexibility index (Phi) is 3.97. The van der Waals surface area contributed by atoms with Gasteiger partial charge in [0.1, 0.15) is 11.9 Å². The molecule has 2 aromatic heterocycles. The first kappa shape index (κ1) is 18.8. The number of rotatable bonds is 1. The number of ether oxygens (including phenoxy) is 1. The normalized spacial score (nSPS) is 16.2. The molecular formula is C28H25NOS. The van der Waals surface area contributed by atoms with Crippen molar-refractivity contribution in [2.45, 2.75) is 45.6 Å². The fourth-order valence-electron chi connectivity index (χ4n) is 4.98. The summed E-state index contributed by atoms with van der Waals surface area (Å²) in [5.41, 5.74) is 5.04. The first-order valence-electron chi connectivity index (χ1n) is 10.9. The Morgan fingerprint density at radius 1 is 1.00 bits per heavy atom. The number of hydrogen-bond acceptors (Lipinski definition) is 3. The topological polar surface area (TPSA) is 22.1 Å². The molecule has 154 valence electrons. The molecule has 0 aliphatic carbocycles. The summed E-state index contributed by atoms with van der Waals surface area (Å²) in [6, 6.07) is 19.9. The van der Waals surface area contributed by atoms with Crippen molar-refractivity contribution in [3.63, 3.8) is 0 Å². The third kappa shape index (κ3) is 2.87. The van der Waals surface area contributed by atoms with Crippen LogP contribution in [-0.2, 0) is 11.8 Å². The van der Waals surface area contributed by atoms with E-state index in [4.69, 9.17) is 9.72 Å². The monoisotopic (exact) mass is 423 g/mol. The Morgan fingerprint density at radius 2 is 1.84 bits per heavy atom. The molecule has 3 heteroatoms. The molecule has 0 saturated carbocycles. The lowest BCUT2D eigenvalue weighted by molar-refractivity contribution is 0.254. The lowest BCUT2D eigenvalue weighted by Gasteiger charge is -2.22. The van der Waals surface area contributed by atoms with Gasteiger partial charge < -0.3 is 4.74 Å². The van der Waals surface area contributed by atoms with Gasteiger partial charge in [0.25, 0.3) is 0 Å². The molecular weight excluding hydrogens is 398 g/mol. The maximum Gasteiger partial charge on any atom is 0.123 e. The largest absolute Gasteiger partial charge is 0.490 e. The van der Waals surface area contributed by atoms with Gasteiger partial charge in [-0.2, -0.15) is 0 Å². The van der Waals surface area contributed by atoms with E-state index < -0.39 is 0 Å². The number of benzene rings is 3. The smallest absolute Gasteiger partial charge is 0.123 e. The van der Waals surface area contributed by atoms with E-state index >= 15 is 0 Å². The van der Waals surface area contributed by atoms with E-state index in [0.717, 1.165) is 17.9 Å². The van der Waals surface area contributed by atoms with E-state index in [9.17, 15) is 0 Å². The molecule has 1 atom stereocenters. The third-order valence-corrected chi connectivity index (χ3v) is 7.56. The van der Waals surface area contributed by atoms with Gasteiger partial charge in [-0.25, -0.2) is 0 Å². The number of thiophene rings is 1. The highest BCUT2D eigenvalue weighted by Gasteiger charge is 2.25. The summed E-state index contributed by atoms with van der Waals surface area (Å²) in [6.07, 6.45) is 3.18. The standard InChI is InChI=1S/C28H25NOS/c1-16-13-21-23(30-16)9-10-24-25(21)20-11-12-29-26(27(20)31-24)18-14-17-7-5-6-8-19(17)22(15-18)28(2,3)4/h5-12,14-16H,13H2,1-4H3. The Morgan fingerprint density at radius 3 is 2.68 bits per heavy atom. The molecule has 2 nitrogen and oxygen atoms in total. The summed E-state index contributed by atoms with van der Waals surface area (Å²) in [4.78, 5) is 4.89. The molecule has 0 radical (unpaired) electrons. The molecule has 1 aliphatic rings. The van der Waals surface area contributed by atoms with Crippen LogP contribution in [0, 0.1) is 0 Å². The Balaban J connectivity index is 1.66. The highest BCUT2D eigenvalue weighted by molar-refractivity contribution is 7.26. The van der Waals surface area contributed by atoms with Crippen molar-refractivity contribution < 1.29 is 4.74 Å². The molecule has 1 unspecified atom stereocenters. The number of hydrogen-bond donors (Lipinski definition) is 0. The highest BCUT2D eigenvalue weighted by Crippen LogP contribution is 2.45. The minimum absolute atomic E-state index is 0.0535. The second-order valence-electron chi connectivity index (χ2n) is 9.68. The van der Waals surface area contributed by atoms with Gasteiger partial charge in [-0.1, -0.05) is 45.0 Å². The minimum atomic E-state index is 0.0535. The second kappa shape index (κ2) is 6.54. The summed E-state index contributed by atoms with van der Waals surface area (Å²) < 4.78 is 8.62. The van der Waals surface area contributed by atoms with Crippen LogP contribution in [0.3, 0.4) is 0 Å². The third-order valence-electron chi connectivity index (χ3n) is 6.38. The highest BCUT2D eigenvalue weighted by atomic mass is 32.1. The summed E-state index contributed by atoms with van der Waals surface area (Å²) in [6.45, 7) is 9.01. The molecule has 0 fully saturated rings. The second-order valence-corrected chi connectivity index (χ2v) is 10.7. The maximum absolute atomic E-state index is 6.04. The van der Waals surface area contributed by atoms with Crippen molar-refractivity contribution in [1.29, 1.82) is 0 Å². The number of pyridine rings is 1. The van der Waals surface area contributed by atoms with Crippen molar-refractivity contribution in [2.24, 2.45) is 0 Å². The van der Waals surface area contributed by atoms with Gasteiger partial charge in [-0.05, 0) is 59.0 Å². The maximum atomic E-state index is 6.04. The van der Waals surface area contributed by atoms with Gasteiger partial charge in [0.2, 0.25) is 0 Å². The van der Waals surface area contributed by atoms with Crippen molar-refractivity contribution in [1.82, 2.24) is 4.98 Å². The molecule has 1 aliphatic heterocycles. The van der Waals surface area contributed by atoms with Crippen LogP contribution in [0.15, 0.2) is 60.8 Å². The summed E-state index contributed by atoms with van der Waals surface area (Å²) in [5.74, 6) is 1.04. The van der Waals surface area contributed by atoms with Gasteiger partial charge in [-0.3, -0.25) is 4.98 Å². The molecule has 0 N–H and O–H groups in total. The summed E-state index contributed by atoms with van der Waals surface area (Å²) in [7, 11) is 0. The summed E-state index contributed by atoms with van der Waals surface area (Å²) >= 11 is 1.85. The number of nitrogens with zero attached hydrogens (tertiary/aromatic N) is 1. The molecule has 6 rings (SSSR count). The molecule has 0 amide bonds. The van der Waals surface area contributed by atoms with Gasteiger partial charge in [0, 0.05) is 39.2 Å². The van der Waals surface area contributed by atoms with E-state index in [0.29, 0.717) is 0 Å². The van der Waals surface area contributed by atoms with Gasteiger partial charge in [0.05, 0.1) is 10.4 Å². The number of aromatic nitrogens is 1. The van der Waals surface area contributed by atoms with Crippen LogP contribution in [0.1, 0.15) is 38.8 Å². The fourth-order valence-corrected chi connectivity index (χ4v) is 6.22. The Labute approximate surface area is 186 Å². The van der Waals surface area contributed by atoms with E-state index in [1.165, 1.54) is 47.6 Å². The zero-order valence-electron chi connectivity index (χ0n) is 18.3. The first-order chi connectivity index (χ1) is 14.9. The predicted octanol–water partition coefficient (Wildman–Crippen LogP) is 7.89. The zero-order valence-corrected chi connectivity index (χ0v) is 19.1. The van der Waals surface area contributed by atoms with E-state index in [2.05, 4.69) is 82.3 Å². The van der Waals surface area contributed by atoms with Crippen molar-refractivity contribution >= 4 is 42.3 Å². The SMILES string of the molecule is CC1Cc2c(ccc3sc4c(-c5cc(C(C)(C)C)c6ccccc6c5)nccc4c23)O1. The molecule has 0 saturated heterocycles. The fraction of sp³-hybridized carbons (Fsp3) is 0.250. The zero-order chi connectivity index (χ0) is 21.3. The first-order valence-corrected chi connectivity index (χ1v) is 11.8. The lowest BCUT2D eigenvalue weighted by Crippen LogP contribution is -2.12. The average Bonchev–Trinajstić information content (AvgIpc) is 3.31. The lowest BCUT2D eigenvalue weighted by atomic mass is 9.82. The molecule has 5 aromatic rings.